The van der Waals surface area contributed by atoms with E-state index in [1.165, 1.54) is 0 Å². The number of aromatic nitrogens is 5. The number of hydrogen-bond donors (Lipinski definition) is 2. The van der Waals surface area contributed by atoms with Gasteiger partial charge in [-0.3, -0.25) is 0 Å². The second-order valence-electron chi connectivity index (χ2n) is 5.85. The zero-order valence-corrected chi connectivity index (χ0v) is 12.1. The number of fused-ring (bicyclic) bond motifs is 1. The fourth-order valence-electron chi connectivity index (χ4n) is 3.26. The summed E-state index contributed by atoms with van der Waals surface area (Å²) in [6, 6.07) is 1.93. The summed E-state index contributed by atoms with van der Waals surface area (Å²) in [7, 11) is 0. The normalized spacial score (nSPS) is 24.9. The lowest BCUT2D eigenvalue weighted by atomic mass is 10.1. The number of anilines is 1. The summed E-state index contributed by atoms with van der Waals surface area (Å²) in [4.78, 5) is 8.44. The summed E-state index contributed by atoms with van der Waals surface area (Å²) in [6.45, 7) is 0.888. The zero-order valence-electron chi connectivity index (χ0n) is 12.1. The van der Waals surface area contributed by atoms with Gasteiger partial charge in [0.15, 0.2) is 5.82 Å². The van der Waals surface area contributed by atoms with Crippen LogP contribution in [0.4, 0.5) is 5.82 Å². The minimum Gasteiger partial charge on any atom is -0.391 e. The van der Waals surface area contributed by atoms with Gasteiger partial charge in [0.25, 0.3) is 0 Å². The SMILES string of the molecule is O[C@@H]1CC(Cn2ccnc2)C[C@H]1Nc1nccn2nccc12. The average molecular weight is 298 g/mol. The van der Waals surface area contributed by atoms with Gasteiger partial charge in [0, 0.05) is 31.3 Å². The van der Waals surface area contributed by atoms with Crippen molar-refractivity contribution in [1.82, 2.24) is 24.1 Å². The highest BCUT2D eigenvalue weighted by atomic mass is 16.3. The maximum atomic E-state index is 10.3. The first-order valence-corrected chi connectivity index (χ1v) is 7.48. The summed E-state index contributed by atoms with van der Waals surface area (Å²) in [5.74, 6) is 1.21. The van der Waals surface area contributed by atoms with E-state index >= 15 is 0 Å². The predicted octanol–water partition coefficient (Wildman–Crippen LogP) is 1.18. The maximum absolute atomic E-state index is 10.3. The molecule has 4 rings (SSSR count). The summed E-state index contributed by atoms with van der Waals surface area (Å²) >= 11 is 0. The van der Waals surface area contributed by atoms with Crippen LogP contribution in [-0.2, 0) is 6.54 Å². The minimum absolute atomic E-state index is 0.0159. The number of imidazole rings is 1. The molecule has 2 N–H and O–H groups in total. The highest BCUT2D eigenvalue weighted by molar-refractivity contribution is 5.67. The first-order chi connectivity index (χ1) is 10.8. The van der Waals surface area contributed by atoms with Crippen LogP contribution in [-0.4, -0.2) is 41.4 Å². The molecule has 3 atom stereocenters. The monoisotopic (exact) mass is 298 g/mol. The quantitative estimate of drug-likeness (QED) is 0.756. The molecule has 22 heavy (non-hydrogen) atoms. The fourth-order valence-corrected chi connectivity index (χ4v) is 3.26. The average Bonchev–Trinajstić information content (AvgIpc) is 3.22. The van der Waals surface area contributed by atoms with E-state index in [9.17, 15) is 5.11 Å². The molecule has 0 aliphatic heterocycles. The molecule has 3 heterocycles. The van der Waals surface area contributed by atoms with Gasteiger partial charge in [-0.15, -0.1) is 0 Å². The fraction of sp³-hybridized carbons (Fsp3) is 0.400. The van der Waals surface area contributed by atoms with Crippen molar-refractivity contribution < 1.29 is 5.11 Å². The van der Waals surface area contributed by atoms with Crippen LogP contribution in [0.25, 0.3) is 5.52 Å². The van der Waals surface area contributed by atoms with Gasteiger partial charge >= 0.3 is 0 Å². The van der Waals surface area contributed by atoms with E-state index in [1.807, 2.05) is 24.8 Å². The van der Waals surface area contributed by atoms with Gasteiger partial charge < -0.3 is 15.0 Å². The van der Waals surface area contributed by atoms with E-state index in [0.717, 1.165) is 30.7 Å². The van der Waals surface area contributed by atoms with Gasteiger partial charge in [-0.2, -0.15) is 5.10 Å². The van der Waals surface area contributed by atoms with Crippen molar-refractivity contribution in [3.05, 3.63) is 43.4 Å². The second-order valence-corrected chi connectivity index (χ2v) is 5.85. The van der Waals surface area contributed by atoms with Crippen molar-refractivity contribution in [2.45, 2.75) is 31.5 Å². The Morgan fingerprint density at radius 3 is 3.05 bits per heavy atom. The van der Waals surface area contributed by atoms with E-state index in [2.05, 4.69) is 25.0 Å². The highest BCUT2D eigenvalue weighted by Gasteiger charge is 2.33. The van der Waals surface area contributed by atoms with E-state index in [-0.39, 0.29) is 12.1 Å². The van der Waals surface area contributed by atoms with Crippen molar-refractivity contribution >= 4 is 11.3 Å². The molecule has 114 valence electrons. The lowest BCUT2D eigenvalue weighted by Gasteiger charge is -2.17. The third kappa shape index (κ3) is 2.43. The Labute approximate surface area is 127 Å². The molecule has 7 nitrogen and oxygen atoms in total. The maximum Gasteiger partial charge on any atom is 0.152 e. The molecule has 1 aliphatic carbocycles. The third-order valence-corrected chi connectivity index (χ3v) is 4.30. The molecule has 0 spiro atoms. The molecule has 0 saturated heterocycles. The van der Waals surface area contributed by atoms with Crippen LogP contribution < -0.4 is 5.32 Å². The summed E-state index contributed by atoms with van der Waals surface area (Å²) in [5, 5.41) is 17.9. The Morgan fingerprint density at radius 1 is 1.23 bits per heavy atom. The van der Waals surface area contributed by atoms with Gasteiger partial charge in [-0.25, -0.2) is 14.5 Å². The van der Waals surface area contributed by atoms with Crippen LogP contribution in [0.3, 0.4) is 0 Å². The topological polar surface area (TPSA) is 80.3 Å². The van der Waals surface area contributed by atoms with E-state index in [1.54, 1.807) is 23.1 Å². The molecule has 0 bridgehead atoms. The molecule has 1 unspecified atom stereocenters. The van der Waals surface area contributed by atoms with Gasteiger partial charge in [0.1, 0.15) is 5.52 Å². The van der Waals surface area contributed by atoms with Crippen molar-refractivity contribution in [1.29, 1.82) is 0 Å². The van der Waals surface area contributed by atoms with Crippen molar-refractivity contribution in [2.24, 2.45) is 5.92 Å². The summed E-state index contributed by atoms with van der Waals surface area (Å²) in [6.07, 6.45) is 12.2. The van der Waals surface area contributed by atoms with Crippen LogP contribution in [0.15, 0.2) is 43.4 Å². The molecule has 1 fully saturated rings. The zero-order chi connectivity index (χ0) is 14.9. The Morgan fingerprint density at radius 2 is 2.18 bits per heavy atom. The summed E-state index contributed by atoms with van der Waals surface area (Å²) < 4.78 is 3.84. The van der Waals surface area contributed by atoms with Crippen LogP contribution in [0, 0.1) is 5.92 Å². The third-order valence-electron chi connectivity index (χ3n) is 4.30. The Bertz CT molecular complexity index is 752. The van der Waals surface area contributed by atoms with Crippen LogP contribution in [0.1, 0.15) is 12.8 Å². The van der Waals surface area contributed by atoms with Crippen LogP contribution in [0.5, 0.6) is 0 Å². The molecule has 1 saturated carbocycles. The first kappa shape index (κ1) is 13.3. The molecular formula is C15H18N6O. The highest BCUT2D eigenvalue weighted by Crippen LogP contribution is 2.30. The number of aliphatic hydroxyl groups excluding tert-OH is 1. The van der Waals surface area contributed by atoms with Crippen LogP contribution >= 0.6 is 0 Å². The molecule has 0 amide bonds. The van der Waals surface area contributed by atoms with E-state index in [0.29, 0.717) is 5.92 Å². The molecular weight excluding hydrogens is 280 g/mol. The molecule has 7 heteroatoms. The molecule has 3 aromatic rings. The Balaban J connectivity index is 1.48. The summed E-state index contributed by atoms with van der Waals surface area (Å²) in [5.41, 5.74) is 0.924. The lowest BCUT2D eigenvalue weighted by molar-refractivity contribution is 0.166. The largest absolute Gasteiger partial charge is 0.391 e. The first-order valence-electron chi connectivity index (χ1n) is 7.48. The number of nitrogens with one attached hydrogen (secondary N) is 1. The van der Waals surface area contributed by atoms with E-state index < -0.39 is 0 Å². The van der Waals surface area contributed by atoms with Gasteiger partial charge in [-0.1, -0.05) is 0 Å². The smallest absolute Gasteiger partial charge is 0.152 e. The second kappa shape index (κ2) is 5.42. The molecule has 1 aliphatic rings. The van der Waals surface area contributed by atoms with E-state index in [4.69, 9.17) is 0 Å². The number of rotatable bonds is 4. The molecule has 3 aromatic heterocycles. The lowest BCUT2D eigenvalue weighted by Crippen LogP contribution is -2.28. The van der Waals surface area contributed by atoms with Gasteiger partial charge in [0.05, 0.1) is 24.7 Å². The molecule has 0 radical (unpaired) electrons. The minimum atomic E-state index is -0.363. The number of hydrogen-bond acceptors (Lipinski definition) is 5. The standard InChI is InChI=1S/C15H18N6O/c22-14-8-11(9-20-5-3-16-10-20)7-12(14)19-15-13-1-2-18-21(13)6-4-17-15/h1-6,10-12,14,22H,7-9H2,(H,17,19)/t11?,12-,14-/m1/s1. The van der Waals surface area contributed by atoms with Gasteiger partial charge in [0.2, 0.25) is 0 Å². The van der Waals surface area contributed by atoms with Crippen molar-refractivity contribution in [2.75, 3.05) is 5.32 Å². The number of nitrogens with zero attached hydrogens (tertiary/aromatic N) is 5. The van der Waals surface area contributed by atoms with Gasteiger partial charge in [-0.05, 0) is 24.8 Å². The van der Waals surface area contributed by atoms with Crippen molar-refractivity contribution in [3.63, 3.8) is 0 Å². The number of aliphatic hydroxyl groups is 1. The molecule has 0 aromatic carbocycles. The van der Waals surface area contributed by atoms with Crippen LogP contribution in [0.2, 0.25) is 0 Å². The Kier molecular flexibility index (Phi) is 3.27. The Hall–Kier alpha value is -2.41. The van der Waals surface area contributed by atoms with Crippen molar-refractivity contribution in [3.8, 4) is 0 Å². The predicted molar refractivity (Wildman–Crippen MR) is 81.4 cm³/mol.